The quantitative estimate of drug-likeness (QED) is 0.631. The topological polar surface area (TPSA) is 23.6 Å². The van der Waals surface area contributed by atoms with Crippen LogP contribution in [0.2, 0.25) is 0 Å². The molecule has 1 fully saturated rings. The van der Waals surface area contributed by atoms with Crippen LogP contribution in [0.15, 0.2) is 12.7 Å². The van der Waals surface area contributed by atoms with Crippen LogP contribution < -0.4 is 0 Å². The Morgan fingerprint density at radius 1 is 1.57 bits per heavy atom. The van der Waals surface area contributed by atoms with Crippen molar-refractivity contribution in [3.63, 3.8) is 0 Å². The lowest BCUT2D eigenvalue weighted by Gasteiger charge is -2.36. The van der Waals surface area contributed by atoms with E-state index in [4.69, 9.17) is 0 Å². The van der Waals surface area contributed by atoms with E-state index < -0.39 is 0 Å². The van der Waals surface area contributed by atoms with Crippen molar-refractivity contribution in [2.75, 3.05) is 27.2 Å². The van der Waals surface area contributed by atoms with E-state index in [0.29, 0.717) is 6.04 Å². The smallest absolute Gasteiger partial charge is 0.246 e. The molecule has 1 atom stereocenters. The monoisotopic (exact) mass is 196 g/mol. The van der Waals surface area contributed by atoms with Gasteiger partial charge in [-0.25, -0.2) is 0 Å². The van der Waals surface area contributed by atoms with Crippen molar-refractivity contribution in [2.45, 2.75) is 25.3 Å². The van der Waals surface area contributed by atoms with Crippen molar-refractivity contribution >= 4 is 5.91 Å². The largest absolute Gasteiger partial charge is 0.335 e. The first-order chi connectivity index (χ1) is 6.65. The third-order valence-electron chi connectivity index (χ3n) is 2.66. The maximum Gasteiger partial charge on any atom is 0.246 e. The fourth-order valence-corrected chi connectivity index (χ4v) is 2.02. The second-order valence-corrected chi connectivity index (χ2v) is 4.15. The second kappa shape index (κ2) is 5.15. The van der Waals surface area contributed by atoms with Gasteiger partial charge in [0.1, 0.15) is 0 Å². The minimum Gasteiger partial charge on any atom is -0.335 e. The molecule has 1 rings (SSSR count). The molecule has 1 heterocycles. The van der Waals surface area contributed by atoms with E-state index in [1.807, 2.05) is 19.0 Å². The van der Waals surface area contributed by atoms with Crippen LogP contribution in [0.4, 0.5) is 0 Å². The molecular formula is C11H20N2O. The standard InChI is InChI=1S/C11H20N2O/c1-4-11(14)13-8-6-5-7-10(13)9-12(2)3/h4,10H,1,5-9H2,2-3H3. The number of likely N-dealkylation sites (tertiary alicyclic amines) is 1. The summed E-state index contributed by atoms with van der Waals surface area (Å²) in [5.41, 5.74) is 0. The Labute approximate surface area is 86.4 Å². The molecule has 3 heteroatoms. The minimum absolute atomic E-state index is 0.0801. The summed E-state index contributed by atoms with van der Waals surface area (Å²) in [7, 11) is 4.09. The minimum atomic E-state index is 0.0801. The predicted octanol–water partition coefficient (Wildman–Crippen LogP) is 1.12. The second-order valence-electron chi connectivity index (χ2n) is 4.15. The van der Waals surface area contributed by atoms with Crippen molar-refractivity contribution < 1.29 is 4.79 Å². The van der Waals surface area contributed by atoms with Crippen molar-refractivity contribution in [1.82, 2.24) is 9.80 Å². The SMILES string of the molecule is C=CC(=O)N1CCCCC1CN(C)C. The summed E-state index contributed by atoms with van der Waals surface area (Å²) in [6.45, 7) is 5.39. The molecule has 0 bridgehead atoms. The zero-order valence-electron chi connectivity index (χ0n) is 9.20. The van der Waals surface area contributed by atoms with Gasteiger partial charge < -0.3 is 9.80 Å². The number of likely N-dealkylation sites (N-methyl/N-ethyl adjacent to an activating group) is 1. The molecule has 0 radical (unpaired) electrons. The van der Waals surface area contributed by atoms with Crippen LogP contribution in [-0.2, 0) is 4.79 Å². The van der Waals surface area contributed by atoms with Crippen LogP contribution in [0.1, 0.15) is 19.3 Å². The summed E-state index contributed by atoms with van der Waals surface area (Å²) in [6, 6.07) is 0.379. The first kappa shape index (κ1) is 11.2. The summed E-state index contributed by atoms with van der Waals surface area (Å²) < 4.78 is 0. The highest BCUT2D eigenvalue weighted by Gasteiger charge is 2.25. The lowest BCUT2D eigenvalue weighted by molar-refractivity contribution is -0.129. The zero-order chi connectivity index (χ0) is 10.6. The van der Waals surface area contributed by atoms with Gasteiger partial charge in [-0.2, -0.15) is 0 Å². The summed E-state index contributed by atoms with van der Waals surface area (Å²) in [5.74, 6) is 0.0801. The van der Waals surface area contributed by atoms with E-state index in [9.17, 15) is 4.79 Å². The van der Waals surface area contributed by atoms with Crippen LogP contribution in [-0.4, -0.2) is 48.9 Å². The van der Waals surface area contributed by atoms with Crippen molar-refractivity contribution in [3.8, 4) is 0 Å². The third-order valence-corrected chi connectivity index (χ3v) is 2.66. The molecule has 14 heavy (non-hydrogen) atoms. The lowest BCUT2D eigenvalue weighted by Crippen LogP contribution is -2.47. The van der Waals surface area contributed by atoms with Crippen molar-refractivity contribution in [1.29, 1.82) is 0 Å². The maximum atomic E-state index is 11.5. The van der Waals surface area contributed by atoms with Gasteiger partial charge in [0.25, 0.3) is 0 Å². The van der Waals surface area contributed by atoms with Gasteiger partial charge in [0.05, 0.1) is 0 Å². The van der Waals surface area contributed by atoms with E-state index in [-0.39, 0.29) is 5.91 Å². The first-order valence-electron chi connectivity index (χ1n) is 5.23. The average molecular weight is 196 g/mol. The zero-order valence-corrected chi connectivity index (χ0v) is 9.20. The van der Waals surface area contributed by atoms with Gasteiger partial charge in [-0.15, -0.1) is 0 Å². The number of hydrogen-bond acceptors (Lipinski definition) is 2. The molecule has 1 amide bonds. The van der Waals surface area contributed by atoms with Crippen LogP contribution in [0.25, 0.3) is 0 Å². The first-order valence-corrected chi connectivity index (χ1v) is 5.23. The summed E-state index contributed by atoms with van der Waals surface area (Å²) in [5, 5.41) is 0. The number of rotatable bonds is 3. The molecule has 1 saturated heterocycles. The number of amides is 1. The molecule has 0 spiro atoms. The highest BCUT2D eigenvalue weighted by Crippen LogP contribution is 2.17. The number of piperidine rings is 1. The van der Waals surface area contributed by atoms with E-state index >= 15 is 0 Å². The van der Waals surface area contributed by atoms with Crippen LogP contribution in [0.5, 0.6) is 0 Å². The molecule has 0 aromatic rings. The van der Waals surface area contributed by atoms with E-state index in [1.54, 1.807) is 0 Å². The Morgan fingerprint density at radius 3 is 2.86 bits per heavy atom. The van der Waals surface area contributed by atoms with Crippen molar-refractivity contribution in [3.05, 3.63) is 12.7 Å². The Kier molecular flexibility index (Phi) is 4.14. The average Bonchev–Trinajstić information content (AvgIpc) is 2.16. The van der Waals surface area contributed by atoms with Gasteiger partial charge in [0.15, 0.2) is 0 Å². The van der Waals surface area contributed by atoms with E-state index in [2.05, 4.69) is 11.5 Å². The lowest BCUT2D eigenvalue weighted by atomic mass is 10.0. The number of nitrogens with zero attached hydrogens (tertiary/aromatic N) is 2. The van der Waals surface area contributed by atoms with Gasteiger partial charge >= 0.3 is 0 Å². The van der Waals surface area contributed by atoms with Gasteiger partial charge in [-0.3, -0.25) is 4.79 Å². The Balaban J connectivity index is 2.58. The molecule has 1 unspecified atom stereocenters. The molecule has 0 aromatic carbocycles. The highest BCUT2D eigenvalue weighted by molar-refractivity contribution is 5.87. The maximum absolute atomic E-state index is 11.5. The number of carbonyl (C=O) groups excluding carboxylic acids is 1. The van der Waals surface area contributed by atoms with E-state index in [1.165, 1.54) is 12.5 Å². The van der Waals surface area contributed by atoms with Gasteiger partial charge in [0, 0.05) is 19.1 Å². The van der Waals surface area contributed by atoms with Crippen molar-refractivity contribution in [2.24, 2.45) is 0 Å². The van der Waals surface area contributed by atoms with Gasteiger partial charge in [-0.1, -0.05) is 6.58 Å². The fraction of sp³-hybridized carbons (Fsp3) is 0.727. The van der Waals surface area contributed by atoms with Gasteiger partial charge in [-0.05, 0) is 39.4 Å². The Hall–Kier alpha value is -0.830. The van der Waals surface area contributed by atoms with E-state index in [0.717, 1.165) is 25.9 Å². The van der Waals surface area contributed by atoms with Crippen LogP contribution in [0.3, 0.4) is 0 Å². The fourth-order valence-electron chi connectivity index (χ4n) is 2.02. The molecule has 0 aromatic heterocycles. The summed E-state index contributed by atoms with van der Waals surface area (Å²) in [6.07, 6.45) is 4.91. The number of carbonyl (C=O) groups is 1. The number of hydrogen-bond donors (Lipinski definition) is 0. The molecule has 0 N–H and O–H groups in total. The van der Waals surface area contributed by atoms with Gasteiger partial charge in [0.2, 0.25) is 5.91 Å². The van der Waals surface area contributed by atoms with Crippen LogP contribution in [0, 0.1) is 0 Å². The molecule has 3 nitrogen and oxygen atoms in total. The summed E-state index contributed by atoms with van der Waals surface area (Å²) in [4.78, 5) is 15.6. The predicted molar refractivity (Wildman–Crippen MR) is 58.1 cm³/mol. The molecule has 1 aliphatic heterocycles. The third kappa shape index (κ3) is 2.84. The Bertz CT molecular complexity index is 213. The molecule has 0 aliphatic carbocycles. The molecule has 80 valence electrons. The summed E-state index contributed by atoms with van der Waals surface area (Å²) >= 11 is 0. The molecule has 1 aliphatic rings. The molecular weight excluding hydrogens is 176 g/mol. The molecule has 0 saturated carbocycles. The van der Waals surface area contributed by atoms with Crippen LogP contribution >= 0.6 is 0 Å². The Morgan fingerprint density at radius 2 is 2.29 bits per heavy atom. The normalized spacial score (nSPS) is 22.5. The highest BCUT2D eigenvalue weighted by atomic mass is 16.2.